The van der Waals surface area contributed by atoms with Crippen LogP contribution in [0.1, 0.15) is 25.0 Å². The van der Waals surface area contributed by atoms with Crippen LogP contribution < -0.4 is 5.32 Å². The molecule has 0 spiro atoms. The molecule has 1 aromatic heterocycles. The second-order valence-corrected chi connectivity index (χ2v) is 5.08. The maximum Gasteiger partial charge on any atom is 0.148 e. The molecular formula is C14H17N3O. The number of benzene rings is 1. The Kier molecular flexibility index (Phi) is 2.67. The summed E-state index contributed by atoms with van der Waals surface area (Å²) in [5, 5.41) is 13.3. The molecule has 2 aromatic rings. The van der Waals surface area contributed by atoms with Crippen molar-refractivity contribution in [3.8, 4) is 0 Å². The normalized spacial score (nSPS) is 17.4. The number of nitrogens with zero attached hydrogens (tertiary/aromatic N) is 2. The zero-order valence-electron chi connectivity index (χ0n) is 10.5. The Morgan fingerprint density at radius 2 is 1.89 bits per heavy atom. The van der Waals surface area contributed by atoms with Crippen molar-refractivity contribution in [1.29, 1.82) is 0 Å². The van der Waals surface area contributed by atoms with Crippen molar-refractivity contribution in [3.63, 3.8) is 0 Å². The number of aliphatic hydroxyl groups is 1. The maximum absolute atomic E-state index is 10.1. The minimum atomic E-state index is -0.542. The molecule has 4 heteroatoms. The molecule has 0 aliphatic heterocycles. The molecule has 1 fully saturated rings. The van der Waals surface area contributed by atoms with Gasteiger partial charge in [0.1, 0.15) is 5.82 Å². The first-order valence-electron chi connectivity index (χ1n) is 6.36. The molecule has 0 unspecified atom stereocenters. The van der Waals surface area contributed by atoms with Crippen molar-refractivity contribution < 1.29 is 5.11 Å². The number of aromatic nitrogens is 2. The van der Waals surface area contributed by atoms with Gasteiger partial charge in [-0.05, 0) is 38.3 Å². The lowest BCUT2D eigenvalue weighted by molar-refractivity contribution is -0.0202. The van der Waals surface area contributed by atoms with Gasteiger partial charge < -0.3 is 10.4 Å². The first-order valence-corrected chi connectivity index (χ1v) is 6.36. The molecule has 2 N–H and O–H groups in total. The zero-order valence-corrected chi connectivity index (χ0v) is 10.5. The lowest BCUT2D eigenvalue weighted by Gasteiger charge is -2.36. The quantitative estimate of drug-likeness (QED) is 0.868. The second kappa shape index (κ2) is 4.21. The Bertz CT molecular complexity index is 578. The third-order valence-electron chi connectivity index (χ3n) is 3.61. The van der Waals surface area contributed by atoms with E-state index < -0.39 is 5.60 Å². The van der Waals surface area contributed by atoms with E-state index in [9.17, 15) is 5.11 Å². The van der Waals surface area contributed by atoms with Crippen LogP contribution in [-0.4, -0.2) is 27.2 Å². The smallest absolute Gasteiger partial charge is 0.148 e. The lowest BCUT2D eigenvalue weighted by Crippen LogP contribution is -2.43. The van der Waals surface area contributed by atoms with Crippen LogP contribution in [0.5, 0.6) is 0 Å². The van der Waals surface area contributed by atoms with Gasteiger partial charge in [0.25, 0.3) is 0 Å². The number of aryl methyl sites for hydroxylation is 1. The molecule has 0 radical (unpaired) electrons. The summed E-state index contributed by atoms with van der Waals surface area (Å²) in [6.45, 7) is 2.49. The molecule has 18 heavy (non-hydrogen) atoms. The Morgan fingerprint density at radius 3 is 2.50 bits per heavy atom. The number of rotatable bonds is 3. The van der Waals surface area contributed by atoms with E-state index in [1.165, 1.54) is 0 Å². The van der Waals surface area contributed by atoms with E-state index in [1.54, 1.807) is 0 Å². The SMILES string of the molecule is Cc1nc2ccccc2nc1NCC1(O)CCC1. The summed E-state index contributed by atoms with van der Waals surface area (Å²) < 4.78 is 0. The van der Waals surface area contributed by atoms with Crippen molar-refractivity contribution in [2.24, 2.45) is 0 Å². The summed E-state index contributed by atoms with van der Waals surface area (Å²) in [6, 6.07) is 7.82. The molecule has 94 valence electrons. The summed E-state index contributed by atoms with van der Waals surface area (Å²) in [5.41, 5.74) is 2.12. The number of fused-ring (bicyclic) bond motifs is 1. The van der Waals surface area contributed by atoms with Crippen LogP contribution in [0.15, 0.2) is 24.3 Å². The molecule has 0 atom stereocenters. The third kappa shape index (κ3) is 2.04. The minimum Gasteiger partial charge on any atom is -0.388 e. The molecule has 0 amide bonds. The molecule has 0 saturated heterocycles. The molecular weight excluding hydrogens is 226 g/mol. The van der Waals surface area contributed by atoms with Gasteiger partial charge in [-0.3, -0.25) is 0 Å². The summed E-state index contributed by atoms with van der Waals surface area (Å²) in [5.74, 6) is 0.772. The molecule has 1 heterocycles. The van der Waals surface area contributed by atoms with E-state index in [0.29, 0.717) is 6.54 Å². The predicted molar refractivity (Wildman–Crippen MR) is 71.6 cm³/mol. The summed E-state index contributed by atoms with van der Waals surface area (Å²) >= 11 is 0. The predicted octanol–water partition coefficient (Wildman–Crippen LogP) is 2.27. The van der Waals surface area contributed by atoms with Crippen LogP contribution in [0.2, 0.25) is 0 Å². The molecule has 1 aliphatic rings. The number of anilines is 1. The van der Waals surface area contributed by atoms with E-state index in [-0.39, 0.29) is 0 Å². The molecule has 1 aromatic carbocycles. The maximum atomic E-state index is 10.1. The first kappa shape index (κ1) is 11.4. The number of hydrogen-bond acceptors (Lipinski definition) is 4. The fourth-order valence-corrected chi connectivity index (χ4v) is 2.27. The fraction of sp³-hybridized carbons (Fsp3) is 0.429. The van der Waals surface area contributed by atoms with Gasteiger partial charge in [-0.15, -0.1) is 0 Å². The number of hydrogen-bond donors (Lipinski definition) is 2. The van der Waals surface area contributed by atoms with E-state index >= 15 is 0 Å². The van der Waals surface area contributed by atoms with Gasteiger partial charge in [-0.25, -0.2) is 9.97 Å². The van der Waals surface area contributed by atoms with E-state index in [1.807, 2.05) is 31.2 Å². The van der Waals surface area contributed by atoms with Gasteiger partial charge in [-0.1, -0.05) is 12.1 Å². The molecule has 4 nitrogen and oxygen atoms in total. The first-order chi connectivity index (χ1) is 8.66. The van der Waals surface area contributed by atoms with Gasteiger partial charge in [-0.2, -0.15) is 0 Å². The highest BCUT2D eigenvalue weighted by atomic mass is 16.3. The summed E-state index contributed by atoms with van der Waals surface area (Å²) in [4.78, 5) is 9.06. The van der Waals surface area contributed by atoms with Crippen molar-refractivity contribution in [2.45, 2.75) is 31.8 Å². The van der Waals surface area contributed by atoms with Crippen LogP contribution in [0.3, 0.4) is 0 Å². The van der Waals surface area contributed by atoms with Gasteiger partial charge in [0.15, 0.2) is 0 Å². The highest BCUT2D eigenvalue weighted by Crippen LogP contribution is 2.31. The molecule has 1 saturated carbocycles. The second-order valence-electron chi connectivity index (χ2n) is 5.08. The van der Waals surface area contributed by atoms with Crippen molar-refractivity contribution in [3.05, 3.63) is 30.0 Å². The Hall–Kier alpha value is -1.68. The average Bonchev–Trinajstić information content (AvgIpc) is 2.34. The van der Waals surface area contributed by atoms with Crippen LogP contribution in [-0.2, 0) is 0 Å². The largest absolute Gasteiger partial charge is 0.388 e. The highest BCUT2D eigenvalue weighted by Gasteiger charge is 2.34. The highest BCUT2D eigenvalue weighted by molar-refractivity contribution is 5.76. The summed E-state index contributed by atoms with van der Waals surface area (Å²) in [7, 11) is 0. The zero-order chi connectivity index (χ0) is 12.6. The molecule has 0 bridgehead atoms. The molecule has 1 aliphatic carbocycles. The summed E-state index contributed by atoms with van der Waals surface area (Å²) in [6.07, 6.45) is 2.86. The van der Waals surface area contributed by atoms with Crippen LogP contribution in [0.25, 0.3) is 11.0 Å². The van der Waals surface area contributed by atoms with Gasteiger partial charge >= 0.3 is 0 Å². The van der Waals surface area contributed by atoms with E-state index in [4.69, 9.17) is 0 Å². The Balaban J connectivity index is 1.84. The van der Waals surface area contributed by atoms with Crippen LogP contribution >= 0.6 is 0 Å². The van der Waals surface area contributed by atoms with Crippen LogP contribution in [0.4, 0.5) is 5.82 Å². The van der Waals surface area contributed by atoms with Crippen LogP contribution in [0, 0.1) is 6.92 Å². The molecule has 3 rings (SSSR count). The van der Waals surface area contributed by atoms with Crippen molar-refractivity contribution in [1.82, 2.24) is 9.97 Å². The lowest BCUT2D eigenvalue weighted by atomic mass is 9.80. The van der Waals surface area contributed by atoms with Crippen molar-refractivity contribution in [2.75, 3.05) is 11.9 Å². The Labute approximate surface area is 106 Å². The van der Waals surface area contributed by atoms with Gasteiger partial charge in [0.2, 0.25) is 0 Å². The Morgan fingerprint density at radius 1 is 1.22 bits per heavy atom. The number of para-hydroxylation sites is 2. The monoisotopic (exact) mass is 243 g/mol. The van der Waals surface area contributed by atoms with E-state index in [2.05, 4.69) is 15.3 Å². The average molecular weight is 243 g/mol. The third-order valence-corrected chi connectivity index (χ3v) is 3.61. The van der Waals surface area contributed by atoms with E-state index in [0.717, 1.165) is 41.8 Å². The van der Waals surface area contributed by atoms with Crippen molar-refractivity contribution >= 4 is 16.9 Å². The topological polar surface area (TPSA) is 58.0 Å². The standard InChI is InChI=1S/C14H17N3O/c1-10-13(15-9-14(18)7-4-8-14)17-12-6-3-2-5-11(12)16-10/h2-3,5-6,18H,4,7-9H2,1H3,(H,15,17). The minimum absolute atomic E-state index is 0.542. The fourth-order valence-electron chi connectivity index (χ4n) is 2.27. The number of nitrogens with one attached hydrogen (secondary N) is 1. The van der Waals surface area contributed by atoms with Gasteiger partial charge in [0.05, 0.1) is 22.3 Å². The van der Waals surface area contributed by atoms with Gasteiger partial charge in [0, 0.05) is 6.54 Å².